The Hall–Kier alpha value is -3.55. The first-order chi connectivity index (χ1) is 12.0. The smallest absolute Gasteiger partial charge is 0.274 e. The van der Waals surface area contributed by atoms with Crippen molar-refractivity contribution in [2.45, 2.75) is 13.3 Å². The minimum absolute atomic E-state index is 0.0152. The standard InChI is InChI=1S/C17H15N5O3/c1-11-2-4-12(5-3-11)10-15-16(23)19-17(21-20-15)18-13-6-8-14(9-7-13)22(24)25/h2-9H,10H2,1H3,(H2,18,19,21,23). The highest BCUT2D eigenvalue weighted by atomic mass is 16.6. The van der Waals surface area contributed by atoms with Crippen LogP contribution in [-0.4, -0.2) is 20.1 Å². The Labute approximate surface area is 142 Å². The number of aromatic amines is 1. The van der Waals surface area contributed by atoms with Gasteiger partial charge in [-0.15, -0.1) is 10.2 Å². The fourth-order valence-corrected chi connectivity index (χ4v) is 2.23. The quantitative estimate of drug-likeness (QED) is 0.546. The zero-order valence-corrected chi connectivity index (χ0v) is 13.4. The van der Waals surface area contributed by atoms with Gasteiger partial charge in [-0.25, -0.2) is 0 Å². The number of non-ortho nitro benzene ring substituents is 1. The van der Waals surface area contributed by atoms with E-state index in [-0.39, 0.29) is 17.2 Å². The molecule has 0 unspecified atom stereocenters. The Bertz CT molecular complexity index is 949. The monoisotopic (exact) mass is 337 g/mol. The SMILES string of the molecule is Cc1ccc(Cc2nnc(Nc3ccc([N+](=O)[O-])cc3)[nH]c2=O)cc1. The van der Waals surface area contributed by atoms with E-state index < -0.39 is 4.92 Å². The van der Waals surface area contributed by atoms with Crippen LogP contribution in [0.15, 0.2) is 53.3 Å². The second kappa shape index (κ2) is 6.91. The Balaban J connectivity index is 1.74. The van der Waals surface area contributed by atoms with Crippen molar-refractivity contribution in [1.82, 2.24) is 15.2 Å². The number of hydrogen-bond acceptors (Lipinski definition) is 6. The van der Waals surface area contributed by atoms with E-state index in [2.05, 4.69) is 20.5 Å². The number of hydrogen-bond donors (Lipinski definition) is 2. The van der Waals surface area contributed by atoms with Crippen LogP contribution >= 0.6 is 0 Å². The average Bonchev–Trinajstić information content (AvgIpc) is 2.60. The molecule has 0 aliphatic heterocycles. The lowest BCUT2D eigenvalue weighted by Crippen LogP contribution is -2.18. The van der Waals surface area contributed by atoms with E-state index in [1.165, 1.54) is 24.3 Å². The maximum absolute atomic E-state index is 12.2. The topological polar surface area (TPSA) is 114 Å². The number of benzene rings is 2. The molecular formula is C17H15N5O3. The minimum Gasteiger partial charge on any atom is -0.324 e. The predicted molar refractivity (Wildman–Crippen MR) is 93.0 cm³/mol. The maximum atomic E-state index is 12.2. The number of aromatic nitrogens is 3. The Kier molecular flexibility index (Phi) is 4.51. The molecule has 0 radical (unpaired) electrons. The van der Waals surface area contributed by atoms with Crippen molar-refractivity contribution in [3.05, 3.63) is 85.8 Å². The molecule has 1 aromatic heterocycles. The molecular weight excluding hydrogens is 322 g/mol. The largest absolute Gasteiger partial charge is 0.324 e. The Morgan fingerprint density at radius 3 is 2.36 bits per heavy atom. The molecule has 0 aliphatic carbocycles. The summed E-state index contributed by atoms with van der Waals surface area (Å²) >= 11 is 0. The first kappa shape index (κ1) is 16.3. The number of nitro benzene ring substituents is 1. The summed E-state index contributed by atoms with van der Waals surface area (Å²) in [6.45, 7) is 2.00. The van der Waals surface area contributed by atoms with Crippen molar-refractivity contribution < 1.29 is 4.92 Å². The van der Waals surface area contributed by atoms with Crippen molar-refractivity contribution >= 4 is 17.3 Å². The second-order valence-corrected chi connectivity index (χ2v) is 5.54. The summed E-state index contributed by atoms with van der Waals surface area (Å²) < 4.78 is 0. The van der Waals surface area contributed by atoms with Crippen LogP contribution in [-0.2, 0) is 6.42 Å². The molecule has 0 fully saturated rings. The highest BCUT2D eigenvalue weighted by Gasteiger charge is 2.08. The van der Waals surface area contributed by atoms with Crippen LogP contribution in [0.5, 0.6) is 0 Å². The molecule has 0 saturated heterocycles. The van der Waals surface area contributed by atoms with Gasteiger partial charge >= 0.3 is 0 Å². The van der Waals surface area contributed by atoms with Crippen LogP contribution in [0.3, 0.4) is 0 Å². The third kappa shape index (κ3) is 4.05. The molecule has 1 heterocycles. The zero-order chi connectivity index (χ0) is 17.8. The van der Waals surface area contributed by atoms with Gasteiger partial charge in [-0.05, 0) is 24.6 Å². The number of nitrogens with zero attached hydrogens (tertiary/aromatic N) is 3. The summed E-state index contributed by atoms with van der Waals surface area (Å²) in [7, 11) is 0. The van der Waals surface area contributed by atoms with Gasteiger partial charge in [0, 0.05) is 24.2 Å². The lowest BCUT2D eigenvalue weighted by molar-refractivity contribution is -0.384. The van der Waals surface area contributed by atoms with Crippen LogP contribution < -0.4 is 10.9 Å². The summed E-state index contributed by atoms with van der Waals surface area (Å²) in [5, 5.41) is 21.4. The zero-order valence-electron chi connectivity index (χ0n) is 13.4. The second-order valence-electron chi connectivity index (χ2n) is 5.54. The van der Waals surface area contributed by atoms with E-state index in [0.29, 0.717) is 17.8 Å². The molecule has 2 N–H and O–H groups in total. The summed E-state index contributed by atoms with van der Waals surface area (Å²) in [6.07, 6.45) is 0.389. The Morgan fingerprint density at radius 2 is 1.76 bits per heavy atom. The van der Waals surface area contributed by atoms with Crippen molar-refractivity contribution in [2.24, 2.45) is 0 Å². The fourth-order valence-electron chi connectivity index (χ4n) is 2.23. The van der Waals surface area contributed by atoms with E-state index in [9.17, 15) is 14.9 Å². The summed E-state index contributed by atoms with van der Waals surface area (Å²) in [4.78, 5) is 24.9. The van der Waals surface area contributed by atoms with E-state index >= 15 is 0 Å². The van der Waals surface area contributed by atoms with E-state index in [1.807, 2.05) is 31.2 Å². The Morgan fingerprint density at radius 1 is 1.08 bits per heavy atom. The van der Waals surface area contributed by atoms with Crippen LogP contribution in [0.25, 0.3) is 0 Å². The van der Waals surface area contributed by atoms with Gasteiger partial charge in [0.2, 0.25) is 5.95 Å². The molecule has 2 aromatic carbocycles. The molecule has 0 amide bonds. The van der Waals surface area contributed by atoms with E-state index in [1.54, 1.807) is 0 Å². The number of nitrogens with one attached hydrogen (secondary N) is 2. The molecule has 0 spiro atoms. The molecule has 0 saturated carbocycles. The van der Waals surface area contributed by atoms with Crippen LogP contribution in [0.2, 0.25) is 0 Å². The van der Waals surface area contributed by atoms with E-state index in [0.717, 1.165) is 11.1 Å². The van der Waals surface area contributed by atoms with E-state index in [4.69, 9.17) is 0 Å². The number of nitro groups is 1. The molecule has 25 heavy (non-hydrogen) atoms. The van der Waals surface area contributed by atoms with Gasteiger partial charge in [0.1, 0.15) is 5.69 Å². The normalized spacial score (nSPS) is 10.4. The lowest BCUT2D eigenvalue weighted by Gasteiger charge is -2.05. The molecule has 0 bridgehead atoms. The predicted octanol–water partition coefficient (Wildman–Crippen LogP) is 2.72. The van der Waals surface area contributed by atoms with Gasteiger partial charge in [0.25, 0.3) is 11.2 Å². The van der Waals surface area contributed by atoms with Gasteiger partial charge in [-0.1, -0.05) is 29.8 Å². The fraction of sp³-hybridized carbons (Fsp3) is 0.118. The number of H-pyrrole nitrogens is 1. The van der Waals surface area contributed by atoms with Crippen molar-refractivity contribution in [2.75, 3.05) is 5.32 Å². The third-order valence-corrected chi connectivity index (χ3v) is 3.60. The van der Waals surface area contributed by atoms with Crippen LogP contribution in [0.4, 0.5) is 17.3 Å². The first-order valence-electron chi connectivity index (χ1n) is 7.54. The summed E-state index contributed by atoms with van der Waals surface area (Å²) in [5.41, 5.74) is 2.64. The lowest BCUT2D eigenvalue weighted by atomic mass is 10.1. The molecule has 0 aliphatic rings. The first-order valence-corrected chi connectivity index (χ1v) is 7.54. The highest BCUT2D eigenvalue weighted by molar-refractivity contribution is 5.55. The maximum Gasteiger partial charge on any atom is 0.274 e. The molecule has 8 nitrogen and oxygen atoms in total. The van der Waals surface area contributed by atoms with Gasteiger partial charge in [-0.2, -0.15) is 0 Å². The molecule has 126 valence electrons. The summed E-state index contributed by atoms with van der Waals surface area (Å²) in [6, 6.07) is 13.6. The number of rotatable bonds is 5. The number of aryl methyl sites for hydroxylation is 1. The molecule has 0 atom stereocenters. The van der Waals surface area contributed by atoms with Gasteiger partial charge < -0.3 is 5.32 Å². The number of anilines is 2. The van der Waals surface area contributed by atoms with Crippen LogP contribution in [0.1, 0.15) is 16.8 Å². The average molecular weight is 337 g/mol. The summed E-state index contributed by atoms with van der Waals surface area (Å²) in [5.74, 6) is 0.173. The van der Waals surface area contributed by atoms with Crippen molar-refractivity contribution in [1.29, 1.82) is 0 Å². The highest BCUT2D eigenvalue weighted by Crippen LogP contribution is 2.17. The van der Waals surface area contributed by atoms with Crippen LogP contribution in [0, 0.1) is 17.0 Å². The van der Waals surface area contributed by atoms with Gasteiger partial charge in [0.15, 0.2) is 0 Å². The van der Waals surface area contributed by atoms with Crippen molar-refractivity contribution in [3.63, 3.8) is 0 Å². The molecule has 8 heteroatoms. The van der Waals surface area contributed by atoms with Gasteiger partial charge in [0.05, 0.1) is 4.92 Å². The minimum atomic E-state index is -0.481. The third-order valence-electron chi connectivity index (χ3n) is 3.60. The molecule has 3 rings (SSSR count). The van der Waals surface area contributed by atoms with Gasteiger partial charge in [-0.3, -0.25) is 19.9 Å². The van der Waals surface area contributed by atoms with Crippen molar-refractivity contribution in [3.8, 4) is 0 Å². The molecule has 3 aromatic rings.